The molecule has 3 rings (SSSR count). The molecule has 5 nitrogen and oxygen atoms in total. The summed E-state index contributed by atoms with van der Waals surface area (Å²) < 4.78 is 6.86. The van der Waals surface area contributed by atoms with E-state index in [4.69, 9.17) is 4.74 Å². The molecule has 0 radical (unpaired) electrons. The van der Waals surface area contributed by atoms with Crippen molar-refractivity contribution in [2.45, 2.75) is 39.4 Å². The van der Waals surface area contributed by atoms with E-state index in [2.05, 4.69) is 21.2 Å². The number of fused-ring (bicyclic) bond motifs is 1. The number of amides is 2. The number of ether oxygens (including phenoxy) is 1. The molecule has 0 aliphatic carbocycles. The van der Waals surface area contributed by atoms with Crippen LogP contribution in [-0.4, -0.2) is 35.4 Å². The van der Waals surface area contributed by atoms with Crippen molar-refractivity contribution >= 4 is 38.5 Å². The molecule has 1 atom stereocenters. The molecule has 0 saturated heterocycles. The van der Waals surface area contributed by atoms with Crippen LogP contribution in [0.3, 0.4) is 0 Å². The van der Waals surface area contributed by atoms with Gasteiger partial charge in [-0.25, -0.2) is 0 Å². The van der Waals surface area contributed by atoms with Crippen molar-refractivity contribution in [3.63, 3.8) is 0 Å². The van der Waals surface area contributed by atoms with E-state index in [1.54, 1.807) is 11.8 Å². The van der Waals surface area contributed by atoms with Crippen LogP contribution in [0, 0.1) is 0 Å². The van der Waals surface area contributed by atoms with Crippen LogP contribution in [0.15, 0.2) is 71.2 Å². The summed E-state index contributed by atoms with van der Waals surface area (Å²) in [5.74, 6) is 0.210. The smallest absolute Gasteiger partial charge is 0.261 e. The van der Waals surface area contributed by atoms with E-state index in [0.29, 0.717) is 12.3 Å². The normalized spacial score (nSPS) is 11.9. The number of rotatable bonds is 8. The maximum absolute atomic E-state index is 13.2. The number of hydrogen-bond donors (Lipinski definition) is 1. The first-order valence-corrected chi connectivity index (χ1v) is 11.1. The molecule has 0 aliphatic heterocycles. The molecular formula is C25H27BrN2O3. The van der Waals surface area contributed by atoms with Gasteiger partial charge in [0, 0.05) is 22.4 Å². The Morgan fingerprint density at radius 2 is 1.65 bits per heavy atom. The molecule has 0 fully saturated rings. The summed E-state index contributed by atoms with van der Waals surface area (Å²) in [7, 11) is 0. The van der Waals surface area contributed by atoms with E-state index in [1.165, 1.54) is 0 Å². The third-order valence-electron chi connectivity index (χ3n) is 4.97. The Kier molecular flexibility index (Phi) is 7.69. The largest absolute Gasteiger partial charge is 0.483 e. The molecule has 0 bridgehead atoms. The van der Waals surface area contributed by atoms with Crippen molar-refractivity contribution in [1.29, 1.82) is 0 Å². The molecular weight excluding hydrogens is 456 g/mol. The van der Waals surface area contributed by atoms with E-state index in [9.17, 15) is 9.59 Å². The summed E-state index contributed by atoms with van der Waals surface area (Å²) in [6.45, 7) is 5.71. The first kappa shape index (κ1) is 22.8. The summed E-state index contributed by atoms with van der Waals surface area (Å²) in [5.41, 5.74) is 0.936. The minimum Gasteiger partial charge on any atom is -0.483 e. The van der Waals surface area contributed by atoms with Gasteiger partial charge in [0.15, 0.2) is 6.61 Å². The van der Waals surface area contributed by atoms with Crippen LogP contribution in [0.1, 0.15) is 26.3 Å². The molecule has 6 heteroatoms. The van der Waals surface area contributed by atoms with Crippen LogP contribution in [0.2, 0.25) is 0 Å². The van der Waals surface area contributed by atoms with Crippen LogP contribution in [-0.2, 0) is 16.1 Å². The zero-order chi connectivity index (χ0) is 22.4. The predicted octanol–water partition coefficient (Wildman–Crippen LogP) is 4.92. The standard InChI is InChI=1S/C25H27BrN2O3/c1-17(2)27-25(30)18(3)28(15-19-11-13-21(26)14-12-19)24(29)16-31-23-10-6-8-20-7-4-5-9-22(20)23/h4-14,17-18H,15-16H2,1-3H3,(H,27,30). The number of benzene rings is 3. The lowest BCUT2D eigenvalue weighted by Crippen LogP contribution is -2.50. The SMILES string of the molecule is CC(C)NC(=O)C(C)N(Cc1ccc(Br)cc1)C(=O)COc1cccc2ccccc12. The predicted molar refractivity (Wildman–Crippen MR) is 127 cm³/mol. The van der Waals surface area contributed by atoms with Crippen molar-refractivity contribution in [3.05, 3.63) is 76.8 Å². The van der Waals surface area contributed by atoms with Gasteiger partial charge >= 0.3 is 0 Å². The number of halogens is 1. The number of hydrogen-bond acceptors (Lipinski definition) is 3. The third-order valence-corrected chi connectivity index (χ3v) is 5.49. The van der Waals surface area contributed by atoms with Crippen LogP contribution in [0.5, 0.6) is 5.75 Å². The summed E-state index contributed by atoms with van der Waals surface area (Å²) in [5, 5.41) is 4.88. The van der Waals surface area contributed by atoms with Crippen LogP contribution in [0.4, 0.5) is 0 Å². The lowest BCUT2D eigenvalue weighted by Gasteiger charge is -2.29. The molecule has 0 aliphatic rings. The first-order valence-electron chi connectivity index (χ1n) is 10.3. The van der Waals surface area contributed by atoms with Crippen LogP contribution < -0.4 is 10.1 Å². The van der Waals surface area contributed by atoms with Gasteiger partial charge in [-0.15, -0.1) is 0 Å². The van der Waals surface area contributed by atoms with Gasteiger partial charge in [-0.1, -0.05) is 64.5 Å². The van der Waals surface area contributed by atoms with E-state index < -0.39 is 6.04 Å². The van der Waals surface area contributed by atoms with Crippen molar-refractivity contribution in [1.82, 2.24) is 10.2 Å². The molecule has 0 heterocycles. The van der Waals surface area contributed by atoms with Gasteiger partial charge in [-0.3, -0.25) is 9.59 Å². The maximum Gasteiger partial charge on any atom is 0.261 e. The lowest BCUT2D eigenvalue weighted by molar-refractivity contribution is -0.142. The minimum atomic E-state index is -0.630. The van der Waals surface area contributed by atoms with E-state index >= 15 is 0 Å². The Morgan fingerprint density at radius 1 is 0.968 bits per heavy atom. The van der Waals surface area contributed by atoms with Gasteiger partial charge < -0.3 is 15.0 Å². The van der Waals surface area contributed by atoms with Gasteiger partial charge in [0.2, 0.25) is 5.91 Å². The quantitative estimate of drug-likeness (QED) is 0.495. The Bertz CT molecular complexity index is 1040. The van der Waals surface area contributed by atoms with Gasteiger partial charge in [0.1, 0.15) is 11.8 Å². The second-order valence-corrected chi connectivity index (χ2v) is 8.67. The Labute approximate surface area is 191 Å². The van der Waals surface area contributed by atoms with Crippen molar-refractivity contribution in [2.24, 2.45) is 0 Å². The van der Waals surface area contributed by atoms with Gasteiger partial charge in [0.05, 0.1) is 0 Å². The Balaban J connectivity index is 1.78. The number of nitrogens with zero attached hydrogens (tertiary/aromatic N) is 1. The van der Waals surface area contributed by atoms with Gasteiger partial charge in [0.25, 0.3) is 5.91 Å². The average molecular weight is 483 g/mol. The van der Waals surface area contributed by atoms with Crippen LogP contribution >= 0.6 is 15.9 Å². The molecule has 0 aromatic heterocycles. The van der Waals surface area contributed by atoms with Crippen molar-refractivity contribution in [2.75, 3.05) is 6.61 Å². The fourth-order valence-corrected chi connectivity index (χ4v) is 3.58. The molecule has 1 unspecified atom stereocenters. The third kappa shape index (κ3) is 6.07. The van der Waals surface area contributed by atoms with Crippen molar-refractivity contribution < 1.29 is 14.3 Å². The summed E-state index contributed by atoms with van der Waals surface area (Å²) in [6, 6.07) is 20.7. The topological polar surface area (TPSA) is 58.6 Å². The summed E-state index contributed by atoms with van der Waals surface area (Å²) in [4.78, 5) is 27.4. The molecule has 3 aromatic carbocycles. The average Bonchev–Trinajstić information content (AvgIpc) is 2.76. The van der Waals surface area contributed by atoms with E-state index in [0.717, 1.165) is 20.8 Å². The molecule has 0 spiro atoms. The number of carbonyl (C=O) groups excluding carboxylic acids is 2. The van der Waals surface area contributed by atoms with Gasteiger partial charge in [-0.05, 0) is 49.9 Å². The number of nitrogens with one attached hydrogen (secondary N) is 1. The zero-order valence-electron chi connectivity index (χ0n) is 18.0. The second-order valence-electron chi connectivity index (χ2n) is 7.75. The Hall–Kier alpha value is -2.86. The highest BCUT2D eigenvalue weighted by Crippen LogP contribution is 2.25. The molecule has 162 valence electrons. The minimum absolute atomic E-state index is 0.00786. The van der Waals surface area contributed by atoms with Crippen LogP contribution in [0.25, 0.3) is 10.8 Å². The van der Waals surface area contributed by atoms with E-state index in [1.807, 2.05) is 80.6 Å². The maximum atomic E-state index is 13.2. The fourth-order valence-electron chi connectivity index (χ4n) is 3.32. The highest BCUT2D eigenvalue weighted by Gasteiger charge is 2.27. The summed E-state index contributed by atoms with van der Waals surface area (Å²) >= 11 is 3.43. The Morgan fingerprint density at radius 3 is 2.35 bits per heavy atom. The lowest BCUT2D eigenvalue weighted by atomic mass is 10.1. The zero-order valence-corrected chi connectivity index (χ0v) is 19.6. The van der Waals surface area contributed by atoms with E-state index in [-0.39, 0.29) is 24.5 Å². The van der Waals surface area contributed by atoms with Crippen molar-refractivity contribution in [3.8, 4) is 5.75 Å². The highest BCUT2D eigenvalue weighted by atomic mass is 79.9. The highest BCUT2D eigenvalue weighted by molar-refractivity contribution is 9.10. The molecule has 2 amide bonds. The molecule has 3 aromatic rings. The first-order chi connectivity index (χ1) is 14.8. The molecule has 1 N–H and O–H groups in total. The molecule has 31 heavy (non-hydrogen) atoms. The monoisotopic (exact) mass is 482 g/mol. The fraction of sp³-hybridized carbons (Fsp3) is 0.280. The second kappa shape index (κ2) is 10.4. The van der Waals surface area contributed by atoms with Gasteiger partial charge in [-0.2, -0.15) is 0 Å². The molecule has 0 saturated carbocycles. The number of carbonyl (C=O) groups is 2. The summed E-state index contributed by atoms with van der Waals surface area (Å²) in [6.07, 6.45) is 0.